The molecule has 2 aliphatic heterocycles. The molecule has 0 N–H and O–H groups in total. The van der Waals surface area contributed by atoms with E-state index in [4.69, 9.17) is 14.6 Å². The van der Waals surface area contributed by atoms with Gasteiger partial charge in [0.05, 0.1) is 18.9 Å². The first-order chi connectivity index (χ1) is 9.27. The average molecular weight is 262 g/mol. The second-order valence-corrected chi connectivity index (χ2v) is 5.37. The van der Waals surface area contributed by atoms with E-state index < -0.39 is 0 Å². The Bertz CT molecular complexity index is 485. The highest BCUT2D eigenvalue weighted by Crippen LogP contribution is 2.31. The molecule has 4 heteroatoms. The van der Waals surface area contributed by atoms with Crippen LogP contribution in [0.5, 0.6) is 0 Å². The Kier molecular flexibility index (Phi) is 3.71. The lowest BCUT2D eigenvalue weighted by atomic mass is 10.00. The summed E-state index contributed by atoms with van der Waals surface area (Å²) in [4.78, 5) is 0. The standard InChI is InChI=1S/C15H22N2O2/c1-11-15(13-6-9-18-10-7-13)12(2)17(16-11)14-5-3-4-8-19-14/h6,14H,3-5,7-10H2,1-2H3. The fourth-order valence-electron chi connectivity index (χ4n) is 3.08. The van der Waals surface area contributed by atoms with Gasteiger partial charge in [-0.05, 0) is 45.1 Å². The predicted molar refractivity (Wildman–Crippen MR) is 74.0 cm³/mol. The minimum atomic E-state index is 0.127. The summed E-state index contributed by atoms with van der Waals surface area (Å²) < 4.78 is 13.3. The molecule has 1 fully saturated rings. The van der Waals surface area contributed by atoms with Crippen LogP contribution >= 0.6 is 0 Å². The van der Waals surface area contributed by atoms with E-state index in [2.05, 4.69) is 24.6 Å². The van der Waals surface area contributed by atoms with Crippen molar-refractivity contribution in [2.24, 2.45) is 0 Å². The molecule has 0 radical (unpaired) electrons. The third-order valence-corrected chi connectivity index (χ3v) is 4.04. The van der Waals surface area contributed by atoms with Crippen LogP contribution in [0.3, 0.4) is 0 Å². The number of aryl methyl sites for hydroxylation is 1. The summed E-state index contributed by atoms with van der Waals surface area (Å²) in [6.45, 7) is 6.64. The van der Waals surface area contributed by atoms with Gasteiger partial charge in [-0.2, -0.15) is 5.10 Å². The van der Waals surface area contributed by atoms with Crippen LogP contribution in [0.4, 0.5) is 0 Å². The number of aromatic nitrogens is 2. The molecule has 0 saturated carbocycles. The van der Waals surface area contributed by atoms with Crippen LogP contribution in [-0.2, 0) is 9.47 Å². The van der Waals surface area contributed by atoms with Crippen LogP contribution in [0.1, 0.15) is 48.9 Å². The zero-order chi connectivity index (χ0) is 13.2. The van der Waals surface area contributed by atoms with E-state index in [1.807, 2.05) is 0 Å². The largest absolute Gasteiger partial charge is 0.377 e. The lowest BCUT2D eigenvalue weighted by molar-refractivity contribution is -0.0408. The average Bonchev–Trinajstić information content (AvgIpc) is 2.76. The third kappa shape index (κ3) is 2.47. The van der Waals surface area contributed by atoms with Gasteiger partial charge in [0.15, 0.2) is 0 Å². The molecule has 2 aliphatic rings. The summed E-state index contributed by atoms with van der Waals surface area (Å²) in [6, 6.07) is 0. The fraction of sp³-hybridized carbons (Fsp3) is 0.667. The van der Waals surface area contributed by atoms with Gasteiger partial charge in [-0.1, -0.05) is 6.08 Å². The van der Waals surface area contributed by atoms with Gasteiger partial charge < -0.3 is 9.47 Å². The Morgan fingerprint density at radius 3 is 2.84 bits per heavy atom. The molecule has 0 spiro atoms. The number of hydrogen-bond acceptors (Lipinski definition) is 3. The lowest BCUT2D eigenvalue weighted by Gasteiger charge is -2.24. The first-order valence-corrected chi connectivity index (χ1v) is 7.22. The highest BCUT2D eigenvalue weighted by molar-refractivity contribution is 5.69. The maximum atomic E-state index is 5.86. The van der Waals surface area contributed by atoms with Crippen LogP contribution in [0.15, 0.2) is 6.08 Å². The SMILES string of the molecule is Cc1nn(C2CCCCO2)c(C)c1C1=CCOCC1. The number of nitrogens with zero attached hydrogens (tertiary/aromatic N) is 2. The van der Waals surface area contributed by atoms with Gasteiger partial charge in [-0.15, -0.1) is 0 Å². The molecular formula is C15H22N2O2. The summed E-state index contributed by atoms with van der Waals surface area (Å²) in [6.07, 6.45) is 6.77. The van der Waals surface area contributed by atoms with Crippen molar-refractivity contribution >= 4 is 5.57 Å². The van der Waals surface area contributed by atoms with Crippen molar-refractivity contribution in [3.8, 4) is 0 Å². The van der Waals surface area contributed by atoms with E-state index in [9.17, 15) is 0 Å². The normalized spacial score (nSPS) is 24.3. The van der Waals surface area contributed by atoms with E-state index in [1.165, 1.54) is 29.7 Å². The maximum Gasteiger partial charge on any atom is 0.150 e. The van der Waals surface area contributed by atoms with Crippen molar-refractivity contribution in [3.63, 3.8) is 0 Å². The molecule has 3 heterocycles. The Labute approximate surface area is 114 Å². The minimum absolute atomic E-state index is 0.127. The van der Waals surface area contributed by atoms with Gasteiger partial charge in [0.25, 0.3) is 0 Å². The smallest absolute Gasteiger partial charge is 0.150 e. The number of rotatable bonds is 2. The fourth-order valence-corrected chi connectivity index (χ4v) is 3.08. The third-order valence-electron chi connectivity index (χ3n) is 4.04. The summed E-state index contributed by atoms with van der Waals surface area (Å²) >= 11 is 0. The summed E-state index contributed by atoms with van der Waals surface area (Å²) in [5.74, 6) is 0. The highest BCUT2D eigenvalue weighted by Gasteiger charge is 2.23. The van der Waals surface area contributed by atoms with Crippen molar-refractivity contribution in [2.45, 2.75) is 45.8 Å². The molecule has 19 heavy (non-hydrogen) atoms. The number of hydrogen-bond donors (Lipinski definition) is 0. The quantitative estimate of drug-likeness (QED) is 0.822. The van der Waals surface area contributed by atoms with Crippen LogP contribution < -0.4 is 0 Å². The molecule has 0 amide bonds. The second-order valence-electron chi connectivity index (χ2n) is 5.37. The van der Waals surface area contributed by atoms with Crippen LogP contribution in [0, 0.1) is 13.8 Å². The Hall–Kier alpha value is -1.13. The van der Waals surface area contributed by atoms with Crippen molar-refractivity contribution < 1.29 is 9.47 Å². The van der Waals surface area contributed by atoms with Crippen LogP contribution in [0.2, 0.25) is 0 Å². The summed E-state index contributed by atoms with van der Waals surface area (Å²) in [5, 5.41) is 4.72. The molecule has 4 nitrogen and oxygen atoms in total. The van der Waals surface area contributed by atoms with Crippen LogP contribution in [0.25, 0.3) is 5.57 Å². The topological polar surface area (TPSA) is 36.3 Å². The Balaban J connectivity index is 1.93. The van der Waals surface area contributed by atoms with Gasteiger partial charge in [-0.3, -0.25) is 0 Å². The molecule has 1 aromatic heterocycles. The van der Waals surface area contributed by atoms with Crippen molar-refractivity contribution in [1.82, 2.24) is 9.78 Å². The van der Waals surface area contributed by atoms with Crippen molar-refractivity contribution in [2.75, 3.05) is 19.8 Å². The Morgan fingerprint density at radius 2 is 2.16 bits per heavy atom. The van der Waals surface area contributed by atoms with Gasteiger partial charge in [0.2, 0.25) is 0 Å². The molecular weight excluding hydrogens is 240 g/mol. The summed E-state index contributed by atoms with van der Waals surface area (Å²) in [5.41, 5.74) is 5.03. The van der Waals surface area contributed by atoms with E-state index in [0.29, 0.717) is 0 Å². The molecule has 0 bridgehead atoms. The first kappa shape index (κ1) is 12.9. The molecule has 1 saturated heterocycles. The van der Waals surface area contributed by atoms with Crippen molar-refractivity contribution in [3.05, 3.63) is 23.0 Å². The number of ether oxygens (including phenoxy) is 2. The zero-order valence-corrected chi connectivity index (χ0v) is 11.8. The van der Waals surface area contributed by atoms with E-state index in [-0.39, 0.29) is 6.23 Å². The maximum absolute atomic E-state index is 5.86. The molecule has 0 aliphatic carbocycles. The highest BCUT2D eigenvalue weighted by atomic mass is 16.5. The molecule has 1 aromatic rings. The molecule has 1 unspecified atom stereocenters. The van der Waals surface area contributed by atoms with E-state index in [1.54, 1.807) is 0 Å². The van der Waals surface area contributed by atoms with Crippen molar-refractivity contribution in [1.29, 1.82) is 0 Å². The van der Waals surface area contributed by atoms with Gasteiger partial charge in [0, 0.05) is 17.9 Å². The molecule has 104 valence electrons. The minimum Gasteiger partial charge on any atom is -0.377 e. The lowest BCUT2D eigenvalue weighted by Crippen LogP contribution is -2.20. The monoisotopic (exact) mass is 262 g/mol. The molecule has 3 rings (SSSR count). The van der Waals surface area contributed by atoms with E-state index in [0.717, 1.165) is 38.4 Å². The zero-order valence-electron chi connectivity index (χ0n) is 11.8. The van der Waals surface area contributed by atoms with Crippen LogP contribution in [-0.4, -0.2) is 29.6 Å². The van der Waals surface area contributed by atoms with Gasteiger partial charge in [0.1, 0.15) is 6.23 Å². The van der Waals surface area contributed by atoms with Gasteiger partial charge >= 0.3 is 0 Å². The second kappa shape index (κ2) is 5.47. The Morgan fingerprint density at radius 1 is 1.26 bits per heavy atom. The summed E-state index contributed by atoms with van der Waals surface area (Å²) in [7, 11) is 0. The van der Waals surface area contributed by atoms with Gasteiger partial charge in [-0.25, -0.2) is 4.68 Å². The molecule has 1 atom stereocenters. The molecule has 0 aromatic carbocycles. The predicted octanol–water partition coefficient (Wildman–Crippen LogP) is 3.00. The first-order valence-electron chi connectivity index (χ1n) is 7.22. The van der Waals surface area contributed by atoms with E-state index >= 15 is 0 Å².